The Morgan fingerprint density at radius 2 is 1.12 bits per heavy atom. The van der Waals surface area contributed by atoms with Crippen LogP contribution in [0, 0.1) is 13.0 Å². The van der Waals surface area contributed by atoms with Crippen molar-refractivity contribution in [2.75, 3.05) is 0 Å². The summed E-state index contributed by atoms with van der Waals surface area (Å²) in [7, 11) is -3.12. The zero-order valence-corrected chi connectivity index (χ0v) is 25.5. The molecule has 0 saturated carbocycles. The van der Waals surface area contributed by atoms with Gasteiger partial charge in [-0.1, -0.05) is 97.2 Å². The van der Waals surface area contributed by atoms with Gasteiger partial charge in [-0.05, 0) is 27.7 Å². The molecule has 0 aliphatic heterocycles. The second-order valence-corrected chi connectivity index (χ2v) is 18.3. The van der Waals surface area contributed by atoms with Crippen LogP contribution in [-0.4, -0.2) is 38.6 Å². The van der Waals surface area contributed by atoms with Gasteiger partial charge in [-0.15, -0.1) is 0 Å². The summed E-state index contributed by atoms with van der Waals surface area (Å²) in [6.07, 6.45) is 4.02. The third kappa shape index (κ3) is 17.0. The molecule has 2 nitrogen and oxygen atoms in total. The first-order chi connectivity index (χ1) is 14.8. The Hall–Kier alpha value is -1.14. The minimum Gasteiger partial charge on any atom is -0.503 e. The maximum atomic E-state index is 8.06. The Morgan fingerprint density at radius 1 is 0.788 bits per heavy atom. The maximum absolute atomic E-state index is 8.06. The van der Waals surface area contributed by atoms with Gasteiger partial charge in [0.15, 0.2) is 0 Å². The largest absolute Gasteiger partial charge is 2.00 e. The van der Waals surface area contributed by atoms with E-state index in [1.165, 1.54) is 15.9 Å². The average Bonchev–Trinajstić information content (AvgIpc) is 2.68. The Bertz CT molecular complexity index is 788. The fraction of sp³-hybridized carbons (Fsp3) is 0.393. The van der Waals surface area contributed by atoms with Crippen molar-refractivity contribution in [3.05, 3.63) is 90.6 Å². The van der Waals surface area contributed by atoms with Gasteiger partial charge in [0.25, 0.3) is 0 Å². The van der Waals surface area contributed by atoms with E-state index < -0.39 is 16.1 Å². The van der Waals surface area contributed by atoms with Crippen molar-refractivity contribution in [1.29, 1.82) is 0 Å². The summed E-state index contributed by atoms with van der Waals surface area (Å²) in [5.41, 5.74) is 5.91. The van der Waals surface area contributed by atoms with E-state index in [9.17, 15) is 0 Å². The van der Waals surface area contributed by atoms with E-state index in [1.54, 1.807) is 27.7 Å². The van der Waals surface area contributed by atoms with Crippen LogP contribution in [0.3, 0.4) is 0 Å². The van der Waals surface area contributed by atoms with Gasteiger partial charge in [-0.3, -0.25) is 11.3 Å². The average molecular weight is 517 g/mol. The van der Waals surface area contributed by atoms with Gasteiger partial charge in [0.2, 0.25) is 0 Å². The SMILES string of the molecule is CC(C)O.CC(C)O.[CH2-]/C(=C\[Si](C)(C)c1ccccc1)C[C-]=C[Si](C)(C)c1ccccc1.[Ti+2]. The number of rotatable bonds is 6. The van der Waals surface area contributed by atoms with Gasteiger partial charge in [0.1, 0.15) is 0 Å². The predicted molar refractivity (Wildman–Crippen MR) is 148 cm³/mol. The van der Waals surface area contributed by atoms with E-state index in [0.717, 1.165) is 6.42 Å². The first-order valence-electron chi connectivity index (χ1n) is 11.4. The van der Waals surface area contributed by atoms with Gasteiger partial charge in [0, 0.05) is 20.3 Å². The van der Waals surface area contributed by atoms with Crippen LogP contribution in [0.2, 0.25) is 26.2 Å². The van der Waals surface area contributed by atoms with E-state index >= 15 is 0 Å². The monoisotopic (exact) mass is 516 g/mol. The molecule has 0 saturated heterocycles. The standard InChI is InChI=1S/C22H28Si2.2C3H8O.Ti/c1-20(19-24(4,5)22-16-10-7-11-17-22)13-12-18-23(2,3)21-14-8-6-9-15-21;2*1-3(2)4;/h6-11,14-19H,1,13H2,2-5H3;2*3-4H,1-2H3;/q-2;;;+2/b20-19+;;;. The predicted octanol–water partition coefficient (Wildman–Crippen LogP) is 5.58. The van der Waals surface area contributed by atoms with Crippen LogP contribution >= 0.6 is 0 Å². The molecular formula is C28H44O2Si2Ti. The molecule has 0 unspecified atom stereocenters. The molecule has 0 fully saturated rings. The van der Waals surface area contributed by atoms with Crippen LogP contribution < -0.4 is 10.4 Å². The van der Waals surface area contributed by atoms with Crippen LogP contribution in [0.1, 0.15) is 34.1 Å². The molecule has 0 heterocycles. The Labute approximate surface area is 220 Å². The molecule has 0 amide bonds. The molecule has 0 aromatic heterocycles. The minimum absolute atomic E-state index is 0. The smallest absolute Gasteiger partial charge is 0.503 e. The topological polar surface area (TPSA) is 40.5 Å². The third-order valence-electron chi connectivity index (χ3n) is 4.39. The summed E-state index contributed by atoms with van der Waals surface area (Å²) in [6, 6.07) is 21.6. The van der Waals surface area contributed by atoms with Crippen molar-refractivity contribution < 1.29 is 31.9 Å². The van der Waals surface area contributed by atoms with Crippen LogP contribution in [-0.2, 0) is 21.7 Å². The van der Waals surface area contributed by atoms with Crippen molar-refractivity contribution in [3.8, 4) is 0 Å². The molecule has 33 heavy (non-hydrogen) atoms. The summed E-state index contributed by atoms with van der Waals surface area (Å²) < 4.78 is 0. The number of benzene rings is 2. The van der Waals surface area contributed by atoms with Crippen LogP contribution in [0.25, 0.3) is 0 Å². The first-order valence-corrected chi connectivity index (χ1v) is 17.5. The molecule has 0 radical (unpaired) electrons. The van der Waals surface area contributed by atoms with Crippen molar-refractivity contribution in [2.24, 2.45) is 0 Å². The Morgan fingerprint density at radius 3 is 1.48 bits per heavy atom. The fourth-order valence-corrected chi connectivity index (χ4v) is 7.07. The zero-order chi connectivity index (χ0) is 24.8. The van der Waals surface area contributed by atoms with Gasteiger partial charge < -0.3 is 16.3 Å². The molecule has 0 bridgehead atoms. The van der Waals surface area contributed by atoms with Crippen molar-refractivity contribution in [3.63, 3.8) is 0 Å². The second kappa shape index (κ2) is 17.3. The van der Waals surface area contributed by atoms with Crippen LogP contribution in [0.15, 0.2) is 77.6 Å². The van der Waals surface area contributed by atoms with E-state index in [0.29, 0.717) is 0 Å². The summed E-state index contributed by atoms with van der Waals surface area (Å²) in [6.45, 7) is 20.6. The van der Waals surface area contributed by atoms with Crippen molar-refractivity contribution >= 4 is 26.5 Å². The molecule has 180 valence electrons. The minimum atomic E-state index is -1.57. The second-order valence-electron chi connectivity index (χ2n) is 9.69. The Kier molecular flexibility index (Phi) is 17.9. The first kappa shape index (κ1) is 34.0. The summed E-state index contributed by atoms with van der Waals surface area (Å²) >= 11 is 0. The van der Waals surface area contributed by atoms with Gasteiger partial charge in [-0.25, -0.2) is 12.6 Å². The summed E-state index contributed by atoms with van der Waals surface area (Å²) in [4.78, 5) is 0. The van der Waals surface area contributed by atoms with Gasteiger partial charge in [0.05, 0.1) is 8.07 Å². The molecule has 0 aliphatic rings. The molecule has 5 heteroatoms. The molecular weight excluding hydrogens is 472 g/mol. The third-order valence-corrected chi connectivity index (χ3v) is 10.1. The molecule has 2 rings (SSSR count). The number of hydrogen-bond donors (Lipinski definition) is 2. The number of aliphatic hydroxyl groups is 2. The Balaban J connectivity index is 0. The van der Waals surface area contributed by atoms with E-state index in [1.807, 2.05) is 0 Å². The van der Waals surface area contributed by atoms with E-state index in [2.05, 4.69) is 111 Å². The molecule has 0 atom stereocenters. The van der Waals surface area contributed by atoms with E-state index in [4.69, 9.17) is 10.2 Å². The number of aliphatic hydroxyl groups excluding tert-OH is 2. The molecule has 0 spiro atoms. The normalized spacial score (nSPS) is 11.9. The fourth-order valence-electron chi connectivity index (χ4n) is 2.90. The van der Waals surface area contributed by atoms with Gasteiger partial charge >= 0.3 is 21.7 Å². The van der Waals surface area contributed by atoms with Crippen molar-refractivity contribution in [2.45, 2.75) is 72.5 Å². The molecule has 2 aromatic carbocycles. The summed E-state index contributed by atoms with van der Waals surface area (Å²) in [5.74, 6) is 0. The number of allylic oxidation sites excluding steroid dienone is 2. The quantitative estimate of drug-likeness (QED) is 0.389. The number of hydrogen-bond acceptors (Lipinski definition) is 2. The zero-order valence-electron chi connectivity index (χ0n) is 21.9. The summed E-state index contributed by atoms with van der Waals surface area (Å²) in [5, 5.41) is 19.0. The van der Waals surface area contributed by atoms with Crippen molar-refractivity contribution in [1.82, 2.24) is 0 Å². The van der Waals surface area contributed by atoms with Crippen LogP contribution in [0.4, 0.5) is 0 Å². The molecule has 2 N–H and O–H groups in total. The maximum Gasteiger partial charge on any atom is 2.00 e. The molecule has 2 aromatic rings. The van der Waals surface area contributed by atoms with E-state index in [-0.39, 0.29) is 33.9 Å². The van der Waals surface area contributed by atoms with Crippen LogP contribution in [0.5, 0.6) is 0 Å². The molecule has 0 aliphatic carbocycles. The van der Waals surface area contributed by atoms with Gasteiger partial charge in [-0.2, -0.15) is 6.42 Å².